The summed E-state index contributed by atoms with van der Waals surface area (Å²) in [4.78, 5) is 31.5. The quantitative estimate of drug-likeness (QED) is 0.428. The van der Waals surface area contributed by atoms with Crippen molar-refractivity contribution in [2.75, 3.05) is 25.4 Å². The summed E-state index contributed by atoms with van der Waals surface area (Å²) in [5, 5.41) is 20.8. The van der Waals surface area contributed by atoms with E-state index >= 15 is 0 Å². The van der Waals surface area contributed by atoms with Crippen molar-refractivity contribution in [2.45, 2.75) is 74.0 Å². The van der Waals surface area contributed by atoms with Gasteiger partial charge in [0.15, 0.2) is 9.84 Å². The fraction of sp³-hybridized carbons (Fsp3) is 0.516. The van der Waals surface area contributed by atoms with Crippen LogP contribution in [0.15, 0.2) is 59.7 Å². The molecule has 230 valence electrons. The Labute approximate surface area is 250 Å². The monoisotopic (exact) mass is 611 g/mol. The highest BCUT2D eigenvalue weighted by atomic mass is 32.2. The smallest absolute Gasteiger partial charge is 0.410 e. The number of phenolic OH excluding ortho intramolecular Hbond substituents is 1. The first kappa shape index (κ1) is 29.6. The zero-order valence-corrected chi connectivity index (χ0v) is 24.7. The molecule has 0 bridgehead atoms. The maximum absolute atomic E-state index is 13.4. The van der Waals surface area contributed by atoms with E-state index in [1.807, 2.05) is 30.3 Å². The number of carbonyl (C=O) groups is 1. The lowest BCUT2D eigenvalue weighted by atomic mass is 9.82. The third kappa shape index (κ3) is 6.27. The van der Waals surface area contributed by atoms with E-state index in [4.69, 9.17) is 9.47 Å². The third-order valence-electron chi connectivity index (χ3n) is 9.33. The van der Waals surface area contributed by atoms with Crippen molar-refractivity contribution in [2.24, 2.45) is 0 Å². The predicted molar refractivity (Wildman–Crippen MR) is 158 cm³/mol. The van der Waals surface area contributed by atoms with Gasteiger partial charge in [-0.05, 0) is 68.7 Å². The maximum atomic E-state index is 13.4. The Balaban J connectivity index is 1.01. The molecule has 1 aromatic heterocycles. The number of aromatic hydroxyl groups is 1. The van der Waals surface area contributed by atoms with Crippen LogP contribution in [0.25, 0.3) is 10.9 Å². The number of hydrogen-bond acceptors (Lipinski definition) is 9. The van der Waals surface area contributed by atoms with Gasteiger partial charge in [-0.1, -0.05) is 30.3 Å². The summed E-state index contributed by atoms with van der Waals surface area (Å²) in [6.45, 7) is 0.937. The second kappa shape index (κ2) is 11.5. The number of piperidine rings is 1. The van der Waals surface area contributed by atoms with Crippen LogP contribution >= 0.6 is 0 Å². The number of carbonyl (C=O) groups excluding carboxylic acids is 1. The highest BCUT2D eigenvalue weighted by molar-refractivity contribution is 7.92. The number of nitrogens with zero attached hydrogens (tertiary/aromatic N) is 3. The maximum Gasteiger partial charge on any atom is 0.410 e. The van der Waals surface area contributed by atoms with Crippen LogP contribution in [-0.4, -0.2) is 81.1 Å². The molecule has 1 aliphatic carbocycles. The van der Waals surface area contributed by atoms with Crippen LogP contribution in [0.4, 0.5) is 4.79 Å². The van der Waals surface area contributed by atoms with E-state index in [2.05, 4.69) is 4.98 Å². The van der Waals surface area contributed by atoms with Crippen LogP contribution in [0.3, 0.4) is 0 Å². The molecule has 12 heteroatoms. The van der Waals surface area contributed by atoms with Gasteiger partial charge in [0.25, 0.3) is 5.56 Å². The van der Waals surface area contributed by atoms with Crippen molar-refractivity contribution < 1.29 is 32.9 Å². The Bertz CT molecular complexity index is 1640. The minimum Gasteiger partial charge on any atom is -0.508 e. The van der Waals surface area contributed by atoms with E-state index in [1.165, 1.54) is 23.4 Å². The number of fused-ring (bicyclic) bond motifs is 1. The van der Waals surface area contributed by atoms with E-state index in [9.17, 15) is 28.2 Å². The first-order chi connectivity index (χ1) is 20.5. The summed E-state index contributed by atoms with van der Waals surface area (Å²) in [7, 11) is -3.60. The van der Waals surface area contributed by atoms with E-state index in [0.29, 0.717) is 49.6 Å². The van der Waals surface area contributed by atoms with Crippen molar-refractivity contribution in [1.29, 1.82) is 0 Å². The van der Waals surface area contributed by atoms with E-state index in [0.717, 1.165) is 5.56 Å². The first-order valence-electron chi connectivity index (χ1n) is 14.8. The number of amides is 1. The molecule has 3 aliphatic rings. The fourth-order valence-corrected chi connectivity index (χ4v) is 8.99. The van der Waals surface area contributed by atoms with Gasteiger partial charge in [-0.15, -0.1) is 0 Å². The van der Waals surface area contributed by atoms with Crippen molar-refractivity contribution in [3.63, 3.8) is 0 Å². The molecule has 3 aromatic rings. The number of phenols is 1. The van der Waals surface area contributed by atoms with Crippen LogP contribution in [-0.2, 0) is 25.9 Å². The summed E-state index contributed by atoms with van der Waals surface area (Å²) in [5.41, 5.74) is -0.756. The minimum absolute atomic E-state index is 0.000577. The molecule has 2 aromatic carbocycles. The van der Waals surface area contributed by atoms with Crippen molar-refractivity contribution in [3.05, 3.63) is 70.8 Å². The van der Waals surface area contributed by atoms with Gasteiger partial charge in [0.05, 0.1) is 52.1 Å². The SMILES string of the molecule is O=C(OCc1ccccc1)N1CCC(O)(CS(=O)(=O)C2CCC3(CC2)CC(n2cnc4ccc(O)cc4c2=O)CO3)CC1. The lowest BCUT2D eigenvalue weighted by Crippen LogP contribution is -2.51. The number of rotatable bonds is 6. The fourth-order valence-electron chi connectivity index (χ4n) is 6.76. The number of sulfone groups is 1. The van der Waals surface area contributed by atoms with Gasteiger partial charge in [-0.2, -0.15) is 0 Å². The van der Waals surface area contributed by atoms with Gasteiger partial charge in [0.2, 0.25) is 0 Å². The van der Waals surface area contributed by atoms with Gasteiger partial charge in [-0.3, -0.25) is 9.36 Å². The summed E-state index contributed by atoms with van der Waals surface area (Å²) >= 11 is 0. The van der Waals surface area contributed by atoms with Gasteiger partial charge < -0.3 is 24.6 Å². The summed E-state index contributed by atoms with van der Waals surface area (Å²) in [6, 6.07) is 13.6. The van der Waals surface area contributed by atoms with Crippen LogP contribution < -0.4 is 5.56 Å². The Morgan fingerprint density at radius 2 is 1.79 bits per heavy atom. The number of hydrogen-bond donors (Lipinski definition) is 2. The molecule has 1 spiro atoms. The highest BCUT2D eigenvalue weighted by Crippen LogP contribution is 2.45. The summed E-state index contributed by atoms with van der Waals surface area (Å²) in [6.07, 6.45) is 3.88. The molecular formula is C31H37N3O8S. The molecule has 1 saturated carbocycles. The van der Waals surface area contributed by atoms with Crippen molar-refractivity contribution in [3.8, 4) is 5.75 Å². The number of aromatic nitrogens is 2. The number of ether oxygens (including phenoxy) is 2. The van der Waals surface area contributed by atoms with Gasteiger partial charge >= 0.3 is 6.09 Å². The summed E-state index contributed by atoms with van der Waals surface area (Å²) in [5.74, 6) is -0.335. The molecule has 0 radical (unpaired) electrons. The van der Waals surface area contributed by atoms with Gasteiger partial charge in [0, 0.05) is 13.1 Å². The largest absolute Gasteiger partial charge is 0.508 e. The molecule has 1 amide bonds. The molecule has 2 aliphatic heterocycles. The molecule has 2 saturated heterocycles. The topological polar surface area (TPSA) is 148 Å². The number of likely N-dealkylation sites (tertiary alicyclic amines) is 1. The molecule has 1 atom stereocenters. The van der Waals surface area contributed by atoms with Crippen molar-refractivity contribution >= 4 is 26.8 Å². The van der Waals surface area contributed by atoms with Gasteiger partial charge in [-0.25, -0.2) is 18.2 Å². The minimum atomic E-state index is -3.60. The molecular weight excluding hydrogens is 574 g/mol. The molecule has 3 heterocycles. The Morgan fingerprint density at radius 3 is 2.51 bits per heavy atom. The molecule has 3 fully saturated rings. The van der Waals surface area contributed by atoms with Crippen LogP contribution in [0.1, 0.15) is 56.6 Å². The highest BCUT2D eigenvalue weighted by Gasteiger charge is 2.48. The van der Waals surface area contributed by atoms with Crippen LogP contribution in [0.5, 0.6) is 5.75 Å². The number of benzene rings is 2. The van der Waals surface area contributed by atoms with Crippen molar-refractivity contribution in [1.82, 2.24) is 14.5 Å². The third-order valence-corrected chi connectivity index (χ3v) is 11.8. The van der Waals surface area contributed by atoms with Crippen LogP contribution in [0, 0.1) is 0 Å². The standard InChI is InChI=1S/C31H37N3O8S/c35-24-6-7-27-26(16-24)28(36)34(21-32-27)23-17-31(42-19-23)10-8-25(9-11-31)43(39,40)20-30(38)12-14-33(15-13-30)29(37)41-18-22-4-2-1-3-5-22/h1-7,16,21,23,25,35,38H,8-15,17-20H2. The molecule has 6 rings (SSSR count). The molecule has 43 heavy (non-hydrogen) atoms. The Hall–Kier alpha value is -3.48. The molecule has 11 nitrogen and oxygen atoms in total. The zero-order valence-electron chi connectivity index (χ0n) is 23.9. The molecule has 2 N–H and O–H groups in total. The number of aliphatic hydroxyl groups is 1. The second-order valence-electron chi connectivity index (χ2n) is 12.3. The Morgan fingerprint density at radius 1 is 1.07 bits per heavy atom. The summed E-state index contributed by atoms with van der Waals surface area (Å²) < 4.78 is 40.0. The zero-order chi connectivity index (χ0) is 30.2. The normalized spacial score (nSPS) is 25.7. The van der Waals surface area contributed by atoms with E-state index in [1.54, 1.807) is 10.6 Å². The predicted octanol–water partition coefficient (Wildman–Crippen LogP) is 3.32. The average molecular weight is 612 g/mol. The van der Waals surface area contributed by atoms with E-state index in [-0.39, 0.29) is 55.6 Å². The average Bonchev–Trinajstić information content (AvgIpc) is 3.39. The second-order valence-corrected chi connectivity index (χ2v) is 14.5. The first-order valence-corrected chi connectivity index (χ1v) is 16.5. The Kier molecular flexibility index (Phi) is 7.95. The lowest BCUT2D eigenvalue weighted by Gasteiger charge is -2.40. The lowest BCUT2D eigenvalue weighted by molar-refractivity contribution is -0.0244. The molecule has 1 unspecified atom stereocenters. The van der Waals surface area contributed by atoms with E-state index < -0.39 is 32.4 Å². The van der Waals surface area contributed by atoms with Gasteiger partial charge in [0.1, 0.15) is 12.4 Å². The van der Waals surface area contributed by atoms with Crippen LogP contribution in [0.2, 0.25) is 0 Å².